The number of hydrogen-bond donors (Lipinski definition) is 1. The largest absolute Gasteiger partial charge is 0.324 e. The van der Waals surface area contributed by atoms with Crippen LogP contribution in [-0.2, 0) is 0 Å². The molecule has 2 unspecified atom stereocenters. The summed E-state index contributed by atoms with van der Waals surface area (Å²) in [5, 5.41) is 0. The quantitative estimate of drug-likeness (QED) is 0.851. The third-order valence-corrected chi connectivity index (χ3v) is 3.18. The Morgan fingerprint density at radius 3 is 2.56 bits per heavy atom. The van der Waals surface area contributed by atoms with E-state index in [1.807, 2.05) is 6.92 Å². The van der Waals surface area contributed by atoms with Crippen LogP contribution in [0.25, 0.3) is 6.08 Å². The minimum Gasteiger partial charge on any atom is -0.324 e. The van der Waals surface area contributed by atoms with Gasteiger partial charge in [0, 0.05) is 6.04 Å². The Labute approximate surface area is 104 Å². The number of nitrogens with two attached hydrogens (primary N) is 1. The number of allylic oxidation sites excluding steroid dienone is 1. The van der Waals surface area contributed by atoms with Crippen LogP contribution in [0.15, 0.2) is 30.3 Å². The molecule has 0 saturated heterocycles. The van der Waals surface area contributed by atoms with Crippen LogP contribution >= 0.6 is 12.4 Å². The molecule has 0 spiro atoms. The highest BCUT2D eigenvalue weighted by atomic mass is 35.5. The molecule has 2 N–H and O–H groups in total. The predicted molar refractivity (Wildman–Crippen MR) is 72.6 cm³/mol. The van der Waals surface area contributed by atoms with Gasteiger partial charge in [-0.05, 0) is 36.3 Å². The van der Waals surface area contributed by atoms with Crippen molar-refractivity contribution in [2.75, 3.05) is 0 Å². The third kappa shape index (κ3) is 3.10. The molecular weight excluding hydrogens is 218 g/mol. The van der Waals surface area contributed by atoms with Gasteiger partial charge in [-0.1, -0.05) is 43.3 Å². The number of rotatable bonds is 3. The first-order valence-corrected chi connectivity index (χ1v) is 5.71. The van der Waals surface area contributed by atoms with Gasteiger partial charge in [0.1, 0.15) is 0 Å². The van der Waals surface area contributed by atoms with Crippen LogP contribution < -0.4 is 5.73 Å². The van der Waals surface area contributed by atoms with Crippen molar-refractivity contribution in [1.82, 2.24) is 0 Å². The fraction of sp³-hybridized carbons (Fsp3) is 0.429. The van der Waals surface area contributed by atoms with Gasteiger partial charge in [0.2, 0.25) is 0 Å². The molecule has 1 aromatic rings. The molecule has 2 heteroatoms. The lowest BCUT2D eigenvalue weighted by atomic mass is 10.0. The van der Waals surface area contributed by atoms with Gasteiger partial charge in [-0.2, -0.15) is 0 Å². The Balaban J connectivity index is 0.00000128. The summed E-state index contributed by atoms with van der Waals surface area (Å²) >= 11 is 0. The Morgan fingerprint density at radius 1 is 1.38 bits per heavy atom. The number of benzene rings is 1. The lowest BCUT2D eigenvalue weighted by Crippen LogP contribution is -2.06. The Bertz CT molecular complexity index is 371. The van der Waals surface area contributed by atoms with Gasteiger partial charge in [0.05, 0.1) is 0 Å². The highest BCUT2D eigenvalue weighted by Gasteiger charge is 2.29. The van der Waals surface area contributed by atoms with E-state index in [9.17, 15) is 0 Å². The minimum atomic E-state index is 0. The molecule has 0 aliphatic heterocycles. The van der Waals surface area contributed by atoms with Crippen molar-refractivity contribution >= 4 is 18.5 Å². The first kappa shape index (κ1) is 13.3. The van der Waals surface area contributed by atoms with Gasteiger partial charge in [-0.25, -0.2) is 0 Å². The predicted octanol–water partition coefficient (Wildman–Crippen LogP) is 3.80. The standard InChI is InChI=1S/C14H19N.ClH/c1-10-9-13(10)8-7-12-5-3-4-6-14(12)11(2)15;/h3-8,10-11,13H,9,15H2,1-2H3;1H/b8-7+;/t10?,11-,13?;/m0./s1. The van der Waals surface area contributed by atoms with Crippen LogP contribution in [0.4, 0.5) is 0 Å². The maximum Gasteiger partial charge on any atom is 0.0272 e. The molecule has 3 atom stereocenters. The summed E-state index contributed by atoms with van der Waals surface area (Å²) in [6, 6.07) is 8.49. The van der Waals surface area contributed by atoms with Crippen LogP contribution in [0, 0.1) is 11.8 Å². The normalized spacial score (nSPS) is 25.2. The lowest BCUT2D eigenvalue weighted by molar-refractivity contribution is 0.816. The van der Waals surface area contributed by atoms with Crippen molar-refractivity contribution in [3.05, 3.63) is 41.5 Å². The lowest BCUT2D eigenvalue weighted by Gasteiger charge is -2.09. The van der Waals surface area contributed by atoms with Crippen molar-refractivity contribution in [3.8, 4) is 0 Å². The average molecular weight is 238 g/mol. The van der Waals surface area contributed by atoms with Crippen LogP contribution in [0.1, 0.15) is 37.4 Å². The molecule has 88 valence electrons. The van der Waals surface area contributed by atoms with Crippen molar-refractivity contribution in [2.45, 2.75) is 26.3 Å². The van der Waals surface area contributed by atoms with Crippen LogP contribution in [0.3, 0.4) is 0 Å². The summed E-state index contributed by atoms with van der Waals surface area (Å²) in [5.41, 5.74) is 8.44. The second-order valence-corrected chi connectivity index (χ2v) is 4.65. The van der Waals surface area contributed by atoms with Crippen molar-refractivity contribution in [2.24, 2.45) is 17.6 Å². The van der Waals surface area contributed by atoms with Gasteiger partial charge >= 0.3 is 0 Å². The molecule has 16 heavy (non-hydrogen) atoms. The second kappa shape index (κ2) is 5.51. The molecule has 1 aliphatic carbocycles. The molecule has 0 amide bonds. The number of hydrogen-bond acceptors (Lipinski definition) is 1. The fourth-order valence-corrected chi connectivity index (χ4v) is 1.92. The Kier molecular flexibility index (Phi) is 4.57. The highest BCUT2D eigenvalue weighted by Crippen LogP contribution is 2.39. The molecule has 2 rings (SSSR count). The minimum absolute atomic E-state index is 0. The van der Waals surface area contributed by atoms with Crippen LogP contribution in [0.5, 0.6) is 0 Å². The Morgan fingerprint density at radius 2 is 2.00 bits per heavy atom. The van der Waals surface area contributed by atoms with Gasteiger partial charge in [0.15, 0.2) is 0 Å². The molecule has 0 bridgehead atoms. The summed E-state index contributed by atoms with van der Waals surface area (Å²) in [6.07, 6.45) is 5.90. The fourth-order valence-electron chi connectivity index (χ4n) is 1.92. The van der Waals surface area contributed by atoms with Crippen molar-refractivity contribution in [1.29, 1.82) is 0 Å². The van der Waals surface area contributed by atoms with Crippen LogP contribution in [0.2, 0.25) is 0 Å². The highest BCUT2D eigenvalue weighted by molar-refractivity contribution is 5.85. The molecule has 1 aliphatic rings. The van der Waals surface area contributed by atoms with Crippen molar-refractivity contribution in [3.63, 3.8) is 0 Å². The first-order valence-electron chi connectivity index (χ1n) is 5.71. The maximum absolute atomic E-state index is 5.93. The molecule has 1 saturated carbocycles. The Hall–Kier alpha value is -0.790. The SMILES string of the molecule is CC1CC1/C=C/c1ccccc1[C@H](C)N.Cl. The summed E-state index contributed by atoms with van der Waals surface area (Å²) in [6.45, 7) is 4.33. The monoisotopic (exact) mass is 237 g/mol. The summed E-state index contributed by atoms with van der Waals surface area (Å²) in [7, 11) is 0. The van der Waals surface area contributed by atoms with Crippen molar-refractivity contribution < 1.29 is 0 Å². The number of halogens is 1. The van der Waals surface area contributed by atoms with Gasteiger partial charge < -0.3 is 5.73 Å². The van der Waals surface area contributed by atoms with E-state index in [4.69, 9.17) is 5.73 Å². The maximum atomic E-state index is 5.93. The van der Waals surface area contributed by atoms with E-state index >= 15 is 0 Å². The molecule has 1 nitrogen and oxygen atoms in total. The zero-order chi connectivity index (χ0) is 10.8. The van der Waals surface area contributed by atoms with Crippen LogP contribution in [-0.4, -0.2) is 0 Å². The molecule has 1 fully saturated rings. The smallest absolute Gasteiger partial charge is 0.0272 e. The van der Waals surface area contributed by atoms with Gasteiger partial charge in [-0.3, -0.25) is 0 Å². The van der Waals surface area contributed by atoms with E-state index in [1.54, 1.807) is 0 Å². The summed E-state index contributed by atoms with van der Waals surface area (Å²) in [4.78, 5) is 0. The molecule has 0 heterocycles. The average Bonchev–Trinajstić information content (AvgIpc) is 2.92. The first-order chi connectivity index (χ1) is 7.18. The summed E-state index contributed by atoms with van der Waals surface area (Å²) < 4.78 is 0. The van der Waals surface area contributed by atoms with E-state index in [2.05, 4.69) is 43.3 Å². The van der Waals surface area contributed by atoms with E-state index in [-0.39, 0.29) is 18.4 Å². The van der Waals surface area contributed by atoms with E-state index in [0.717, 1.165) is 11.8 Å². The second-order valence-electron chi connectivity index (χ2n) is 4.65. The van der Waals surface area contributed by atoms with E-state index in [0.29, 0.717) is 0 Å². The topological polar surface area (TPSA) is 26.0 Å². The molecule has 0 aromatic heterocycles. The molecular formula is C14H20ClN. The zero-order valence-corrected chi connectivity index (χ0v) is 10.7. The van der Waals surface area contributed by atoms with E-state index in [1.165, 1.54) is 17.5 Å². The van der Waals surface area contributed by atoms with Gasteiger partial charge in [0.25, 0.3) is 0 Å². The van der Waals surface area contributed by atoms with E-state index < -0.39 is 0 Å². The van der Waals surface area contributed by atoms with Gasteiger partial charge in [-0.15, -0.1) is 12.4 Å². The zero-order valence-electron chi connectivity index (χ0n) is 9.89. The molecule has 0 radical (unpaired) electrons. The third-order valence-electron chi connectivity index (χ3n) is 3.18. The summed E-state index contributed by atoms with van der Waals surface area (Å²) in [5.74, 6) is 1.68. The molecule has 1 aromatic carbocycles.